The lowest BCUT2D eigenvalue weighted by molar-refractivity contribution is -0.117. The van der Waals surface area contributed by atoms with E-state index in [1.54, 1.807) is 36.4 Å². The highest BCUT2D eigenvalue weighted by atomic mass is 16.1. The van der Waals surface area contributed by atoms with E-state index >= 15 is 0 Å². The number of carbonyl (C=O) groups is 1. The van der Waals surface area contributed by atoms with Crippen LogP contribution in [-0.2, 0) is 11.8 Å². The first kappa shape index (κ1) is 18.1. The maximum Gasteiger partial charge on any atom is 0.262 e. The van der Waals surface area contributed by atoms with Crippen molar-refractivity contribution < 1.29 is 4.79 Å². The third-order valence-electron chi connectivity index (χ3n) is 4.12. The number of nitriles is 1. The lowest BCUT2D eigenvalue weighted by atomic mass is 10.1. The van der Waals surface area contributed by atoms with E-state index in [1.165, 1.54) is 0 Å². The standard InChI is InChI=1S/C21H19N5O/c1-15(16-6-4-3-5-7-16)24-21(27)18(13-22)12-19-14-26(2)25-20(19)17-8-10-23-11-9-17/h3-12,14-15H,1-2H3,(H,24,27)/b18-12-. The molecule has 27 heavy (non-hydrogen) atoms. The van der Waals surface area contributed by atoms with E-state index in [2.05, 4.69) is 15.4 Å². The van der Waals surface area contributed by atoms with Gasteiger partial charge < -0.3 is 5.32 Å². The van der Waals surface area contributed by atoms with Crippen molar-refractivity contribution in [2.24, 2.45) is 7.05 Å². The lowest BCUT2D eigenvalue weighted by Gasteiger charge is -2.13. The van der Waals surface area contributed by atoms with Gasteiger partial charge in [0.1, 0.15) is 11.6 Å². The topological polar surface area (TPSA) is 83.6 Å². The minimum Gasteiger partial charge on any atom is -0.345 e. The highest BCUT2D eigenvalue weighted by Crippen LogP contribution is 2.23. The van der Waals surface area contributed by atoms with Gasteiger partial charge in [0.15, 0.2) is 0 Å². The van der Waals surface area contributed by atoms with Crippen molar-refractivity contribution in [3.63, 3.8) is 0 Å². The third kappa shape index (κ3) is 4.28. The van der Waals surface area contributed by atoms with Gasteiger partial charge in [-0.2, -0.15) is 10.4 Å². The molecule has 0 spiro atoms. The molecule has 1 amide bonds. The van der Waals surface area contributed by atoms with Crippen LogP contribution in [0.1, 0.15) is 24.1 Å². The average Bonchev–Trinajstić information content (AvgIpc) is 3.07. The van der Waals surface area contributed by atoms with E-state index in [0.717, 1.165) is 11.1 Å². The number of hydrogen-bond donors (Lipinski definition) is 1. The van der Waals surface area contributed by atoms with E-state index in [9.17, 15) is 10.1 Å². The van der Waals surface area contributed by atoms with Gasteiger partial charge in [-0.1, -0.05) is 30.3 Å². The molecule has 6 nitrogen and oxygen atoms in total. The van der Waals surface area contributed by atoms with Crippen LogP contribution in [-0.4, -0.2) is 20.7 Å². The van der Waals surface area contributed by atoms with E-state index in [1.807, 2.05) is 55.5 Å². The van der Waals surface area contributed by atoms with Crippen molar-refractivity contribution in [3.8, 4) is 17.3 Å². The fraction of sp³-hybridized carbons (Fsp3) is 0.143. The summed E-state index contributed by atoms with van der Waals surface area (Å²) in [5.41, 5.74) is 3.26. The first-order valence-electron chi connectivity index (χ1n) is 8.50. The van der Waals surface area contributed by atoms with Crippen molar-refractivity contribution in [2.75, 3.05) is 0 Å². The van der Waals surface area contributed by atoms with Crippen LogP contribution in [0, 0.1) is 11.3 Å². The number of nitrogens with zero attached hydrogens (tertiary/aromatic N) is 4. The van der Waals surface area contributed by atoms with Gasteiger partial charge in [-0.25, -0.2) is 0 Å². The summed E-state index contributed by atoms with van der Waals surface area (Å²) in [5.74, 6) is -0.418. The molecular formula is C21H19N5O. The molecule has 0 aliphatic heterocycles. The molecule has 0 radical (unpaired) electrons. The molecule has 1 N–H and O–H groups in total. The quantitative estimate of drug-likeness (QED) is 0.561. The number of nitrogens with one attached hydrogen (secondary N) is 1. The van der Waals surface area contributed by atoms with E-state index < -0.39 is 5.91 Å². The normalized spacial score (nSPS) is 12.3. The molecule has 1 aromatic carbocycles. The van der Waals surface area contributed by atoms with Crippen molar-refractivity contribution in [2.45, 2.75) is 13.0 Å². The molecular weight excluding hydrogens is 338 g/mol. The second kappa shape index (κ2) is 8.11. The molecule has 0 saturated carbocycles. The molecule has 1 unspecified atom stereocenters. The Morgan fingerprint density at radius 2 is 1.93 bits per heavy atom. The Kier molecular flexibility index (Phi) is 5.43. The van der Waals surface area contributed by atoms with Crippen LogP contribution in [0.4, 0.5) is 0 Å². The summed E-state index contributed by atoms with van der Waals surface area (Å²) in [7, 11) is 1.80. The molecule has 3 rings (SSSR count). The van der Waals surface area contributed by atoms with Crippen LogP contribution >= 0.6 is 0 Å². The summed E-state index contributed by atoms with van der Waals surface area (Å²) in [5, 5.41) is 16.8. The summed E-state index contributed by atoms with van der Waals surface area (Å²) in [4.78, 5) is 16.6. The molecule has 134 valence electrons. The number of rotatable bonds is 5. The molecule has 0 aliphatic carbocycles. The van der Waals surface area contributed by atoms with Crippen molar-refractivity contribution in [3.05, 3.63) is 77.8 Å². The number of carbonyl (C=O) groups excluding carboxylic acids is 1. The number of amides is 1. The highest BCUT2D eigenvalue weighted by molar-refractivity contribution is 6.02. The second-order valence-corrected chi connectivity index (χ2v) is 6.12. The zero-order chi connectivity index (χ0) is 19.2. The summed E-state index contributed by atoms with van der Waals surface area (Å²) in [6.07, 6.45) is 6.70. The summed E-state index contributed by atoms with van der Waals surface area (Å²) in [6.45, 7) is 1.88. The summed E-state index contributed by atoms with van der Waals surface area (Å²) in [6, 6.07) is 15.1. The Morgan fingerprint density at radius 3 is 2.59 bits per heavy atom. The fourth-order valence-corrected chi connectivity index (χ4v) is 2.75. The zero-order valence-electron chi connectivity index (χ0n) is 15.1. The number of aryl methyl sites for hydroxylation is 1. The second-order valence-electron chi connectivity index (χ2n) is 6.12. The van der Waals surface area contributed by atoms with E-state index in [-0.39, 0.29) is 11.6 Å². The molecule has 3 aromatic rings. The van der Waals surface area contributed by atoms with Gasteiger partial charge in [-0.05, 0) is 30.7 Å². The van der Waals surface area contributed by atoms with Gasteiger partial charge in [0.25, 0.3) is 5.91 Å². The molecule has 2 aromatic heterocycles. The largest absolute Gasteiger partial charge is 0.345 e. The average molecular weight is 357 g/mol. The van der Waals surface area contributed by atoms with Gasteiger partial charge in [0.2, 0.25) is 0 Å². The summed E-state index contributed by atoms with van der Waals surface area (Å²) >= 11 is 0. The summed E-state index contributed by atoms with van der Waals surface area (Å²) < 4.78 is 1.65. The van der Waals surface area contributed by atoms with Crippen molar-refractivity contribution in [1.29, 1.82) is 5.26 Å². The SMILES string of the molecule is CC(NC(=O)/C(C#N)=C\c1cn(C)nc1-c1ccncc1)c1ccccc1. The van der Waals surface area contributed by atoms with Crippen molar-refractivity contribution in [1.82, 2.24) is 20.1 Å². The van der Waals surface area contributed by atoms with Gasteiger partial charge in [0.05, 0.1) is 11.7 Å². The molecule has 0 aliphatic rings. The monoisotopic (exact) mass is 357 g/mol. The first-order valence-corrected chi connectivity index (χ1v) is 8.50. The number of hydrogen-bond acceptors (Lipinski definition) is 4. The zero-order valence-corrected chi connectivity index (χ0v) is 15.1. The van der Waals surface area contributed by atoms with Crippen LogP contribution in [0.25, 0.3) is 17.3 Å². The third-order valence-corrected chi connectivity index (χ3v) is 4.12. The molecule has 0 saturated heterocycles. The Labute approximate surface area is 157 Å². The number of aromatic nitrogens is 3. The highest BCUT2D eigenvalue weighted by Gasteiger charge is 2.16. The van der Waals surface area contributed by atoms with Gasteiger partial charge >= 0.3 is 0 Å². The fourth-order valence-electron chi connectivity index (χ4n) is 2.75. The molecule has 2 heterocycles. The Balaban J connectivity index is 1.87. The molecule has 0 bridgehead atoms. The predicted octanol–water partition coefficient (Wildman–Crippen LogP) is 3.27. The van der Waals surface area contributed by atoms with Gasteiger partial charge in [-0.15, -0.1) is 0 Å². The molecule has 6 heteroatoms. The minimum atomic E-state index is -0.418. The smallest absolute Gasteiger partial charge is 0.262 e. The van der Waals surface area contributed by atoms with Crippen molar-refractivity contribution >= 4 is 12.0 Å². The van der Waals surface area contributed by atoms with Crippen LogP contribution in [0.15, 0.2) is 66.6 Å². The first-order chi connectivity index (χ1) is 13.1. The molecule has 0 fully saturated rings. The van der Waals surface area contributed by atoms with Gasteiger partial charge in [0, 0.05) is 36.8 Å². The number of pyridine rings is 1. The van der Waals surface area contributed by atoms with Crippen LogP contribution in [0.2, 0.25) is 0 Å². The Bertz CT molecular complexity index is 1000. The van der Waals surface area contributed by atoms with Crippen LogP contribution in [0.3, 0.4) is 0 Å². The Morgan fingerprint density at radius 1 is 1.22 bits per heavy atom. The van der Waals surface area contributed by atoms with Gasteiger partial charge in [-0.3, -0.25) is 14.5 Å². The number of benzene rings is 1. The van der Waals surface area contributed by atoms with E-state index in [0.29, 0.717) is 11.3 Å². The maximum absolute atomic E-state index is 12.6. The molecule has 1 atom stereocenters. The minimum absolute atomic E-state index is 0.0288. The lowest BCUT2D eigenvalue weighted by Crippen LogP contribution is -2.27. The maximum atomic E-state index is 12.6. The Hall–Kier alpha value is -3.72. The van der Waals surface area contributed by atoms with Crippen LogP contribution < -0.4 is 5.32 Å². The van der Waals surface area contributed by atoms with E-state index in [4.69, 9.17) is 0 Å². The predicted molar refractivity (Wildman–Crippen MR) is 103 cm³/mol. The van der Waals surface area contributed by atoms with Crippen LogP contribution in [0.5, 0.6) is 0 Å².